The Bertz CT molecular complexity index is 2330. The number of hydrogen-bond acceptors (Lipinski definition) is 2. The number of benzene rings is 7. The van der Waals surface area contributed by atoms with E-state index < -0.39 is 0 Å². The van der Waals surface area contributed by atoms with Crippen LogP contribution in [-0.4, -0.2) is 4.98 Å². The zero-order valence-electron chi connectivity index (χ0n) is 27.0. The summed E-state index contributed by atoms with van der Waals surface area (Å²) in [7, 11) is 0. The third-order valence-corrected chi connectivity index (χ3v) is 9.13. The molecule has 2 nitrogen and oxygen atoms in total. The molecule has 0 N–H and O–H groups in total. The van der Waals surface area contributed by atoms with Gasteiger partial charge in [-0.25, -0.2) is 4.98 Å². The zero-order chi connectivity index (χ0) is 32.0. The van der Waals surface area contributed by atoms with E-state index in [-0.39, 0.29) is 5.41 Å². The highest BCUT2D eigenvalue weighted by molar-refractivity contribution is 6.21. The molecule has 0 atom stereocenters. The van der Waals surface area contributed by atoms with Crippen molar-refractivity contribution in [2.45, 2.75) is 26.2 Å². The average Bonchev–Trinajstić information content (AvgIpc) is 3.11. The second kappa shape index (κ2) is 11.6. The highest BCUT2D eigenvalue weighted by Gasteiger charge is 2.21. The fourth-order valence-electron chi connectivity index (χ4n) is 6.83. The van der Waals surface area contributed by atoms with Crippen LogP contribution in [0.5, 0.6) is 0 Å². The lowest BCUT2D eigenvalue weighted by Gasteiger charge is -2.27. The topological polar surface area (TPSA) is 16.1 Å². The SMILES string of the molecule is CC(C)(C)c1cccc(N(c2ccccc2)c2ccc(-c3c4ccccc4c(-c4ccc5ccccc5c4)c4ccccc34)cc2)n1. The average molecular weight is 605 g/mol. The van der Waals surface area contributed by atoms with Gasteiger partial charge < -0.3 is 0 Å². The van der Waals surface area contributed by atoms with E-state index in [2.05, 4.69) is 189 Å². The molecule has 2 heteroatoms. The number of rotatable bonds is 5. The van der Waals surface area contributed by atoms with E-state index >= 15 is 0 Å². The normalized spacial score (nSPS) is 11.7. The summed E-state index contributed by atoms with van der Waals surface area (Å²) in [6.07, 6.45) is 0. The first kappa shape index (κ1) is 28.7. The molecule has 0 aliphatic rings. The van der Waals surface area contributed by atoms with Crippen molar-refractivity contribution >= 4 is 49.5 Å². The predicted molar refractivity (Wildman–Crippen MR) is 201 cm³/mol. The molecule has 0 saturated carbocycles. The molecule has 1 aromatic heterocycles. The molecule has 8 aromatic rings. The first-order valence-corrected chi connectivity index (χ1v) is 16.3. The van der Waals surface area contributed by atoms with Gasteiger partial charge >= 0.3 is 0 Å². The van der Waals surface area contributed by atoms with Crippen molar-refractivity contribution in [2.24, 2.45) is 0 Å². The van der Waals surface area contributed by atoms with Crippen molar-refractivity contribution in [3.8, 4) is 22.3 Å². The summed E-state index contributed by atoms with van der Waals surface area (Å²) < 4.78 is 0. The Balaban J connectivity index is 1.30. The molecule has 7 aromatic carbocycles. The van der Waals surface area contributed by atoms with Crippen LogP contribution >= 0.6 is 0 Å². The van der Waals surface area contributed by atoms with Gasteiger partial charge in [0, 0.05) is 22.5 Å². The molecular formula is C45H36N2. The van der Waals surface area contributed by atoms with E-state index in [0.29, 0.717) is 0 Å². The zero-order valence-corrected chi connectivity index (χ0v) is 27.0. The van der Waals surface area contributed by atoms with Crippen LogP contribution in [0.15, 0.2) is 164 Å². The summed E-state index contributed by atoms with van der Waals surface area (Å²) in [5.74, 6) is 0.909. The van der Waals surface area contributed by atoms with Crippen molar-refractivity contribution in [1.82, 2.24) is 4.98 Å². The van der Waals surface area contributed by atoms with E-state index in [4.69, 9.17) is 4.98 Å². The molecular weight excluding hydrogens is 569 g/mol. The lowest BCUT2D eigenvalue weighted by Crippen LogP contribution is -2.17. The van der Waals surface area contributed by atoms with Gasteiger partial charge in [-0.3, -0.25) is 4.90 Å². The van der Waals surface area contributed by atoms with Gasteiger partial charge in [-0.05, 0) is 97.0 Å². The Morgan fingerprint density at radius 3 is 1.55 bits per heavy atom. The minimum Gasteiger partial charge on any atom is -0.295 e. The van der Waals surface area contributed by atoms with Gasteiger partial charge in [-0.15, -0.1) is 0 Å². The van der Waals surface area contributed by atoms with E-state index in [9.17, 15) is 0 Å². The fraction of sp³-hybridized carbons (Fsp3) is 0.0889. The molecule has 0 aliphatic carbocycles. The third-order valence-electron chi connectivity index (χ3n) is 9.13. The molecule has 47 heavy (non-hydrogen) atoms. The Kier molecular flexibility index (Phi) is 7.07. The van der Waals surface area contributed by atoms with Crippen LogP contribution in [0.2, 0.25) is 0 Å². The maximum atomic E-state index is 5.14. The maximum Gasteiger partial charge on any atom is 0.137 e. The highest BCUT2D eigenvalue weighted by atomic mass is 15.2. The monoisotopic (exact) mass is 604 g/mol. The largest absolute Gasteiger partial charge is 0.295 e. The lowest BCUT2D eigenvalue weighted by atomic mass is 9.85. The van der Waals surface area contributed by atoms with Crippen molar-refractivity contribution in [1.29, 1.82) is 0 Å². The van der Waals surface area contributed by atoms with Gasteiger partial charge in [0.2, 0.25) is 0 Å². The van der Waals surface area contributed by atoms with Crippen LogP contribution in [0.1, 0.15) is 26.5 Å². The number of para-hydroxylation sites is 1. The third kappa shape index (κ3) is 5.22. The van der Waals surface area contributed by atoms with Crippen molar-refractivity contribution in [2.75, 3.05) is 4.90 Å². The smallest absolute Gasteiger partial charge is 0.137 e. The van der Waals surface area contributed by atoms with E-state index in [1.54, 1.807) is 0 Å². The summed E-state index contributed by atoms with van der Waals surface area (Å²) in [6.45, 7) is 6.63. The van der Waals surface area contributed by atoms with Crippen LogP contribution in [0.3, 0.4) is 0 Å². The minimum absolute atomic E-state index is 0.0522. The molecule has 0 unspecified atom stereocenters. The Morgan fingerprint density at radius 1 is 0.426 bits per heavy atom. The quantitative estimate of drug-likeness (QED) is 0.182. The Morgan fingerprint density at radius 2 is 0.936 bits per heavy atom. The number of pyridine rings is 1. The maximum absolute atomic E-state index is 5.14. The molecule has 0 radical (unpaired) electrons. The Hall–Kier alpha value is -5.73. The standard InChI is InChI=1S/C45H36N2/c1-45(2,3)41-22-13-23-42(46-41)47(35-16-5-4-6-17-35)36-28-26-32(27-29-36)43-37-18-9-11-20-39(37)44(40-21-12-10-19-38(40)43)34-25-24-31-14-7-8-15-33(31)30-34/h4-30H,1-3H3. The van der Waals surface area contributed by atoms with Crippen molar-refractivity contribution < 1.29 is 0 Å². The van der Waals surface area contributed by atoms with Crippen LogP contribution < -0.4 is 4.90 Å². The van der Waals surface area contributed by atoms with Gasteiger partial charge in [-0.2, -0.15) is 0 Å². The number of fused-ring (bicyclic) bond motifs is 3. The summed E-state index contributed by atoms with van der Waals surface area (Å²) in [5, 5.41) is 7.53. The Labute approximate surface area is 276 Å². The van der Waals surface area contributed by atoms with Gasteiger partial charge in [0.1, 0.15) is 5.82 Å². The second-order valence-electron chi connectivity index (χ2n) is 13.3. The second-order valence-corrected chi connectivity index (χ2v) is 13.3. The first-order valence-electron chi connectivity index (χ1n) is 16.3. The fourth-order valence-corrected chi connectivity index (χ4v) is 6.83. The minimum atomic E-state index is -0.0522. The molecule has 226 valence electrons. The van der Waals surface area contributed by atoms with E-state index in [1.807, 2.05) is 0 Å². The van der Waals surface area contributed by atoms with Crippen LogP contribution in [-0.2, 0) is 5.41 Å². The van der Waals surface area contributed by atoms with Crippen LogP contribution in [0, 0.1) is 0 Å². The van der Waals surface area contributed by atoms with Crippen molar-refractivity contribution in [3.63, 3.8) is 0 Å². The van der Waals surface area contributed by atoms with Gasteiger partial charge in [-0.1, -0.05) is 142 Å². The molecule has 8 rings (SSSR count). The lowest BCUT2D eigenvalue weighted by molar-refractivity contribution is 0.569. The van der Waals surface area contributed by atoms with Crippen LogP contribution in [0.4, 0.5) is 17.2 Å². The van der Waals surface area contributed by atoms with Gasteiger partial charge in [0.05, 0.1) is 0 Å². The van der Waals surface area contributed by atoms with E-state index in [0.717, 1.165) is 22.9 Å². The molecule has 0 fully saturated rings. The molecule has 1 heterocycles. The molecule has 0 bridgehead atoms. The first-order chi connectivity index (χ1) is 23.0. The predicted octanol–water partition coefficient (Wildman–Crippen LogP) is 12.6. The molecule has 0 spiro atoms. The summed E-state index contributed by atoms with van der Waals surface area (Å²) >= 11 is 0. The van der Waals surface area contributed by atoms with Gasteiger partial charge in [0.15, 0.2) is 0 Å². The summed E-state index contributed by atoms with van der Waals surface area (Å²) in [4.78, 5) is 7.39. The number of nitrogens with zero attached hydrogens (tertiary/aromatic N) is 2. The highest BCUT2D eigenvalue weighted by Crippen LogP contribution is 2.45. The van der Waals surface area contributed by atoms with Crippen molar-refractivity contribution in [3.05, 3.63) is 169 Å². The van der Waals surface area contributed by atoms with Gasteiger partial charge in [0.25, 0.3) is 0 Å². The number of hydrogen-bond donors (Lipinski definition) is 0. The van der Waals surface area contributed by atoms with Crippen LogP contribution in [0.25, 0.3) is 54.6 Å². The molecule has 0 saturated heterocycles. The van der Waals surface area contributed by atoms with E-state index in [1.165, 1.54) is 54.6 Å². The number of aromatic nitrogens is 1. The number of anilines is 3. The summed E-state index contributed by atoms with van der Waals surface area (Å²) in [5.41, 5.74) is 8.13. The summed E-state index contributed by atoms with van der Waals surface area (Å²) in [6, 6.07) is 59.0. The molecule has 0 amide bonds. The molecule has 0 aliphatic heterocycles.